The Morgan fingerprint density at radius 1 is 0.917 bits per heavy atom. The second kappa shape index (κ2) is 16.1. The molecule has 0 aliphatic carbocycles. The Hall–Kier alpha value is -6.13. The summed E-state index contributed by atoms with van der Waals surface area (Å²) in [6.07, 6.45) is 5.02. The minimum atomic E-state index is -0.701. The number of amides is 3. The van der Waals surface area contributed by atoms with Crippen molar-refractivity contribution in [2.24, 2.45) is 20.0 Å². The lowest BCUT2D eigenvalue weighted by atomic mass is 10.0. The van der Waals surface area contributed by atoms with E-state index in [1.807, 2.05) is 43.0 Å². The number of aryl methyl sites for hydroxylation is 3. The number of pyridine rings is 1. The van der Waals surface area contributed by atoms with Gasteiger partial charge in [0.05, 0.1) is 27.8 Å². The van der Waals surface area contributed by atoms with Crippen molar-refractivity contribution in [3.05, 3.63) is 93.7 Å². The number of carbonyl (C=O) groups is 3. The molecule has 312 valence electrons. The Balaban J connectivity index is 0.884. The number of nitrogens with one attached hydrogen (secondary N) is 2. The van der Waals surface area contributed by atoms with E-state index >= 15 is 0 Å². The lowest BCUT2D eigenvalue weighted by Gasteiger charge is -2.34. The number of piperazine rings is 1. The third kappa shape index (κ3) is 7.60. The molecule has 3 amide bonds. The number of fused-ring (bicyclic) bond motifs is 8. The number of hydrogen-bond donors (Lipinski definition) is 2. The fourth-order valence-electron chi connectivity index (χ4n) is 9.11. The monoisotopic (exact) mass is 814 g/mol. The number of rotatable bonds is 6. The molecule has 2 aromatic carbocycles. The molecule has 3 aliphatic rings. The summed E-state index contributed by atoms with van der Waals surface area (Å²) in [6.45, 7) is 10.7. The summed E-state index contributed by atoms with van der Waals surface area (Å²) >= 11 is 0. The standard InChI is InChI=1S/C44H51N11O5/c1-28-7-6-22-60-55-35(15-16-49(55)3)34-25-32(23-29(2)45-34)41(57)48-43-46-33-11-10-30(24-38(33)53(43)26-28)27-52-20-18-51(19-21-52)17-14-31-8-5-9-36-40(31)50(4)44(59)54(36)37-12-13-39(56)47-42(37)58/h5,8-11,15-16,23-25,28,37H,6-7,12-14,17-22,26-27H2,1-4H3,(H-,46,47,48,56,57,58)/p+1/t28-,37?/m1/s1. The molecule has 16 nitrogen and oxygen atoms in total. The minimum absolute atomic E-state index is 0.213. The van der Waals surface area contributed by atoms with Gasteiger partial charge in [-0.2, -0.15) is 0 Å². The van der Waals surface area contributed by atoms with Crippen molar-refractivity contribution in [1.29, 1.82) is 0 Å². The zero-order chi connectivity index (χ0) is 41.7. The molecule has 6 aromatic rings. The third-order valence-corrected chi connectivity index (χ3v) is 12.3. The van der Waals surface area contributed by atoms with Crippen LogP contribution in [0.4, 0.5) is 5.95 Å². The zero-order valence-electron chi connectivity index (χ0n) is 34.7. The Kier molecular flexibility index (Phi) is 10.6. The number of aromatic nitrogens is 7. The Bertz CT molecular complexity index is 2700. The fraction of sp³-hybridized carbons (Fsp3) is 0.432. The van der Waals surface area contributed by atoms with Gasteiger partial charge in [-0.15, -0.1) is 0 Å². The normalized spacial score (nSPS) is 19.6. The predicted molar refractivity (Wildman–Crippen MR) is 225 cm³/mol. The summed E-state index contributed by atoms with van der Waals surface area (Å²) in [7, 11) is 3.68. The fourth-order valence-corrected chi connectivity index (χ4v) is 9.11. The molecule has 2 fully saturated rings. The first kappa shape index (κ1) is 39.3. The SMILES string of the molecule is Cc1cc2cc(n1)-c1cc[n+](C)n1OCCC[C@@H](C)Cn1c(nc3ccc(CN4CCN(CCc5cccc6c5n(C)c(=O)n6C5CCC(=O)NC5=O)CC4)cc31)NC2=O. The maximum atomic E-state index is 13.9. The number of para-hydroxylation sites is 1. The van der Waals surface area contributed by atoms with Crippen LogP contribution in [-0.4, -0.2) is 95.4 Å². The van der Waals surface area contributed by atoms with Crippen molar-refractivity contribution < 1.29 is 23.9 Å². The van der Waals surface area contributed by atoms with Crippen LogP contribution in [0.25, 0.3) is 33.5 Å². The second-order valence-electron chi connectivity index (χ2n) is 16.7. The number of anilines is 1. The summed E-state index contributed by atoms with van der Waals surface area (Å²) in [6, 6.07) is 17.2. The summed E-state index contributed by atoms with van der Waals surface area (Å²) < 4.78 is 7.22. The van der Waals surface area contributed by atoms with E-state index in [4.69, 9.17) is 14.8 Å². The largest absolute Gasteiger partial charge is 0.368 e. The van der Waals surface area contributed by atoms with Crippen LogP contribution in [0.1, 0.15) is 65.8 Å². The first-order chi connectivity index (χ1) is 29.0. The lowest BCUT2D eigenvalue weighted by molar-refractivity contribution is -0.777. The summed E-state index contributed by atoms with van der Waals surface area (Å²) in [5, 5.41) is 5.54. The average molecular weight is 815 g/mol. The number of imidazole rings is 2. The summed E-state index contributed by atoms with van der Waals surface area (Å²) in [5.41, 5.74) is 8.08. The molecule has 16 heteroatoms. The number of piperidine rings is 1. The van der Waals surface area contributed by atoms with Gasteiger partial charge in [0.2, 0.25) is 17.8 Å². The van der Waals surface area contributed by atoms with Crippen LogP contribution in [0, 0.1) is 12.8 Å². The molecule has 3 aliphatic heterocycles. The average Bonchev–Trinajstić information content (AvgIpc) is 3.85. The topological polar surface area (TPSA) is 157 Å². The van der Waals surface area contributed by atoms with Gasteiger partial charge < -0.3 is 14.3 Å². The van der Waals surface area contributed by atoms with Crippen LogP contribution in [0.3, 0.4) is 0 Å². The molecule has 7 heterocycles. The number of benzene rings is 2. The highest BCUT2D eigenvalue weighted by Gasteiger charge is 2.32. The number of nitrogens with zero attached hydrogens (tertiary/aromatic N) is 9. The molecule has 1 unspecified atom stereocenters. The molecule has 0 spiro atoms. The van der Waals surface area contributed by atoms with Gasteiger partial charge in [0.1, 0.15) is 12.6 Å². The van der Waals surface area contributed by atoms with E-state index in [0.717, 1.165) is 97.5 Å². The molecule has 0 radical (unpaired) electrons. The molecular weight excluding hydrogens is 763 g/mol. The van der Waals surface area contributed by atoms with Crippen molar-refractivity contribution in [3.8, 4) is 11.4 Å². The maximum Gasteiger partial charge on any atom is 0.329 e. The van der Waals surface area contributed by atoms with E-state index in [1.165, 1.54) is 5.56 Å². The van der Waals surface area contributed by atoms with Gasteiger partial charge >= 0.3 is 5.69 Å². The van der Waals surface area contributed by atoms with E-state index in [0.29, 0.717) is 42.7 Å². The highest BCUT2D eigenvalue weighted by atomic mass is 16.7. The van der Waals surface area contributed by atoms with Gasteiger partial charge in [-0.05, 0) is 80.0 Å². The lowest BCUT2D eigenvalue weighted by Crippen LogP contribution is -2.46. The first-order valence-corrected chi connectivity index (χ1v) is 21.0. The zero-order valence-corrected chi connectivity index (χ0v) is 34.7. The van der Waals surface area contributed by atoms with Crippen LogP contribution in [-0.2, 0) is 43.2 Å². The number of hydrogen-bond acceptors (Lipinski definition) is 9. The van der Waals surface area contributed by atoms with Gasteiger partial charge in [-0.1, -0.05) is 29.8 Å². The molecule has 9 rings (SSSR count). The van der Waals surface area contributed by atoms with Gasteiger partial charge in [0.25, 0.3) is 5.91 Å². The quantitative estimate of drug-likeness (QED) is 0.191. The van der Waals surface area contributed by atoms with Crippen LogP contribution in [0.15, 0.2) is 65.6 Å². The maximum absolute atomic E-state index is 13.9. The van der Waals surface area contributed by atoms with Gasteiger partial charge in [-0.3, -0.25) is 44.0 Å². The molecule has 2 N–H and O–H groups in total. The van der Waals surface area contributed by atoms with Gasteiger partial charge in [-0.25, -0.2) is 9.78 Å². The molecule has 0 saturated carbocycles. The first-order valence-electron chi connectivity index (χ1n) is 21.0. The third-order valence-electron chi connectivity index (χ3n) is 12.3. The van der Waals surface area contributed by atoms with E-state index in [9.17, 15) is 19.2 Å². The second-order valence-corrected chi connectivity index (χ2v) is 16.7. The number of carbonyl (C=O) groups excluding carboxylic acids is 3. The van der Waals surface area contributed by atoms with Gasteiger partial charge in [0, 0.05) is 81.5 Å². The predicted octanol–water partition coefficient (Wildman–Crippen LogP) is 3.13. The van der Waals surface area contributed by atoms with Gasteiger partial charge in [0.15, 0.2) is 18.9 Å². The smallest absolute Gasteiger partial charge is 0.329 e. The molecule has 2 saturated heterocycles. The molecular formula is C44H52N11O5+. The molecule has 2 bridgehead atoms. The minimum Gasteiger partial charge on any atom is -0.368 e. The van der Waals surface area contributed by atoms with E-state index in [2.05, 4.69) is 56.2 Å². The van der Waals surface area contributed by atoms with Crippen LogP contribution < -0.4 is 25.8 Å². The Morgan fingerprint density at radius 3 is 2.55 bits per heavy atom. The molecule has 2 atom stereocenters. The highest BCUT2D eigenvalue weighted by molar-refractivity contribution is 6.05. The van der Waals surface area contributed by atoms with Crippen molar-refractivity contribution in [3.63, 3.8) is 0 Å². The van der Waals surface area contributed by atoms with Crippen molar-refractivity contribution in [2.75, 3.05) is 44.6 Å². The van der Waals surface area contributed by atoms with E-state index in [-0.39, 0.29) is 23.9 Å². The highest BCUT2D eigenvalue weighted by Crippen LogP contribution is 2.28. The summed E-state index contributed by atoms with van der Waals surface area (Å²) in [4.78, 5) is 74.4. The van der Waals surface area contributed by atoms with Crippen molar-refractivity contribution >= 4 is 45.7 Å². The Labute approximate surface area is 347 Å². The van der Waals surface area contributed by atoms with Crippen LogP contribution in [0.5, 0.6) is 0 Å². The van der Waals surface area contributed by atoms with Crippen molar-refractivity contribution in [2.45, 2.75) is 65.1 Å². The molecule has 60 heavy (non-hydrogen) atoms. The Morgan fingerprint density at radius 2 is 1.73 bits per heavy atom. The van der Waals surface area contributed by atoms with Crippen LogP contribution in [0.2, 0.25) is 0 Å². The van der Waals surface area contributed by atoms with Crippen molar-refractivity contribution in [1.82, 2.24) is 43.6 Å². The number of imide groups is 1. The van der Waals surface area contributed by atoms with E-state index < -0.39 is 11.9 Å². The van der Waals surface area contributed by atoms with E-state index in [1.54, 1.807) is 33.2 Å². The molecule has 4 aromatic heterocycles. The summed E-state index contributed by atoms with van der Waals surface area (Å²) in [5.74, 6) is -0.132. The van der Waals surface area contributed by atoms with Crippen LogP contribution >= 0.6 is 0 Å².